The Kier molecular flexibility index (Phi) is 4.24. The molecular formula is C14H15FN4O. The molecule has 6 heteroatoms. The van der Waals surface area contributed by atoms with E-state index in [-0.39, 0.29) is 11.4 Å². The first kappa shape index (κ1) is 13.9. The molecule has 0 unspecified atom stereocenters. The third kappa shape index (κ3) is 3.09. The molecule has 2 aromatic heterocycles. The Balaban J connectivity index is 2.21. The first-order valence-electron chi connectivity index (χ1n) is 6.24. The van der Waals surface area contributed by atoms with E-state index in [1.807, 2.05) is 19.9 Å². The molecule has 0 aliphatic heterocycles. The van der Waals surface area contributed by atoms with E-state index in [0.717, 1.165) is 5.56 Å². The highest BCUT2D eigenvalue weighted by Gasteiger charge is 2.16. The summed E-state index contributed by atoms with van der Waals surface area (Å²) in [5.74, 6) is -0.779. The van der Waals surface area contributed by atoms with E-state index in [4.69, 9.17) is 0 Å². The number of halogens is 1. The monoisotopic (exact) mass is 274 g/mol. The van der Waals surface area contributed by atoms with Crippen molar-refractivity contribution in [1.82, 2.24) is 9.97 Å². The van der Waals surface area contributed by atoms with E-state index < -0.39 is 11.7 Å². The van der Waals surface area contributed by atoms with Crippen molar-refractivity contribution in [3.8, 4) is 0 Å². The summed E-state index contributed by atoms with van der Waals surface area (Å²) in [7, 11) is 0. The number of aromatic nitrogens is 2. The molecule has 2 rings (SSSR count). The van der Waals surface area contributed by atoms with Crippen molar-refractivity contribution in [2.75, 3.05) is 17.2 Å². The molecule has 0 aliphatic rings. The highest BCUT2D eigenvalue weighted by atomic mass is 19.1. The predicted molar refractivity (Wildman–Crippen MR) is 75.3 cm³/mol. The Morgan fingerprint density at radius 2 is 2.10 bits per heavy atom. The van der Waals surface area contributed by atoms with Crippen molar-refractivity contribution in [3.63, 3.8) is 0 Å². The van der Waals surface area contributed by atoms with Crippen LogP contribution in [0, 0.1) is 12.7 Å². The van der Waals surface area contributed by atoms with E-state index in [0.29, 0.717) is 12.4 Å². The van der Waals surface area contributed by atoms with Crippen molar-refractivity contribution in [1.29, 1.82) is 0 Å². The van der Waals surface area contributed by atoms with Crippen LogP contribution in [0.5, 0.6) is 0 Å². The maximum Gasteiger partial charge on any atom is 0.259 e. The number of rotatable bonds is 4. The highest BCUT2D eigenvalue weighted by Crippen LogP contribution is 2.16. The van der Waals surface area contributed by atoms with Gasteiger partial charge in [0.25, 0.3) is 5.91 Å². The second-order valence-electron chi connectivity index (χ2n) is 4.23. The molecule has 2 heterocycles. The maximum atomic E-state index is 14.1. The van der Waals surface area contributed by atoms with Crippen LogP contribution in [0.15, 0.2) is 30.6 Å². The minimum absolute atomic E-state index is 0.0667. The van der Waals surface area contributed by atoms with E-state index in [2.05, 4.69) is 20.6 Å². The van der Waals surface area contributed by atoms with Crippen molar-refractivity contribution in [2.45, 2.75) is 13.8 Å². The molecule has 104 valence electrons. The summed E-state index contributed by atoms with van der Waals surface area (Å²) in [6, 6.07) is 4.81. The fourth-order valence-corrected chi connectivity index (χ4v) is 1.64. The minimum atomic E-state index is -0.668. The van der Waals surface area contributed by atoms with Crippen LogP contribution in [-0.4, -0.2) is 22.4 Å². The van der Waals surface area contributed by atoms with Crippen LogP contribution in [0.3, 0.4) is 0 Å². The van der Waals surface area contributed by atoms with Gasteiger partial charge >= 0.3 is 0 Å². The third-order valence-electron chi connectivity index (χ3n) is 2.63. The molecular weight excluding hydrogens is 259 g/mol. The van der Waals surface area contributed by atoms with Crippen LogP contribution in [0.25, 0.3) is 0 Å². The predicted octanol–water partition coefficient (Wildman–Crippen LogP) is 2.61. The van der Waals surface area contributed by atoms with Gasteiger partial charge in [-0.15, -0.1) is 0 Å². The average Bonchev–Trinajstić information content (AvgIpc) is 2.44. The van der Waals surface area contributed by atoms with Gasteiger partial charge in [-0.1, -0.05) is 6.07 Å². The van der Waals surface area contributed by atoms with Gasteiger partial charge in [0.05, 0.1) is 5.56 Å². The number of nitrogens with one attached hydrogen (secondary N) is 2. The number of hydrogen-bond donors (Lipinski definition) is 2. The summed E-state index contributed by atoms with van der Waals surface area (Å²) in [5, 5.41) is 5.31. The second-order valence-corrected chi connectivity index (χ2v) is 4.23. The standard InChI is InChI=1S/C14H15FN4O/c1-3-16-13-12(15)10(6-7-17-13)14(20)19-11-5-4-9(2)8-18-11/h4-8H,3H2,1-2H3,(H,16,17)(H,18,19,20). The smallest absolute Gasteiger partial charge is 0.259 e. The molecule has 0 aliphatic carbocycles. The zero-order valence-electron chi connectivity index (χ0n) is 11.3. The lowest BCUT2D eigenvalue weighted by molar-refractivity contribution is 0.102. The Hall–Kier alpha value is -2.50. The van der Waals surface area contributed by atoms with Crippen LogP contribution < -0.4 is 10.6 Å². The molecule has 5 nitrogen and oxygen atoms in total. The number of carbonyl (C=O) groups is 1. The van der Waals surface area contributed by atoms with Gasteiger partial charge < -0.3 is 10.6 Å². The molecule has 0 spiro atoms. The quantitative estimate of drug-likeness (QED) is 0.899. The first-order valence-corrected chi connectivity index (χ1v) is 6.24. The van der Waals surface area contributed by atoms with Crippen molar-refractivity contribution in [3.05, 3.63) is 47.5 Å². The molecule has 20 heavy (non-hydrogen) atoms. The molecule has 0 atom stereocenters. The largest absolute Gasteiger partial charge is 0.368 e. The van der Waals surface area contributed by atoms with Crippen LogP contribution in [0.2, 0.25) is 0 Å². The SMILES string of the molecule is CCNc1nccc(C(=O)Nc2ccc(C)cn2)c1F. The molecule has 0 radical (unpaired) electrons. The van der Waals surface area contributed by atoms with Crippen LogP contribution in [0.1, 0.15) is 22.8 Å². The normalized spacial score (nSPS) is 10.2. The minimum Gasteiger partial charge on any atom is -0.368 e. The maximum absolute atomic E-state index is 14.1. The molecule has 1 amide bonds. The van der Waals surface area contributed by atoms with Gasteiger partial charge in [0.2, 0.25) is 0 Å². The van der Waals surface area contributed by atoms with Crippen molar-refractivity contribution < 1.29 is 9.18 Å². The van der Waals surface area contributed by atoms with E-state index in [1.165, 1.54) is 12.3 Å². The zero-order chi connectivity index (χ0) is 14.5. The highest BCUT2D eigenvalue weighted by molar-refractivity contribution is 6.04. The fourth-order valence-electron chi connectivity index (χ4n) is 1.64. The second kappa shape index (κ2) is 6.10. The van der Waals surface area contributed by atoms with Crippen molar-refractivity contribution >= 4 is 17.5 Å². The molecule has 0 fully saturated rings. The summed E-state index contributed by atoms with van der Waals surface area (Å²) in [6.45, 7) is 4.24. The lowest BCUT2D eigenvalue weighted by atomic mass is 10.2. The summed E-state index contributed by atoms with van der Waals surface area (Å²) in [6.07, 6.45) is 3.02. The number of carbonyl (C=O) groups excluding carboxylic acids is 1. The van der Waals surface area contributed by atoms with Gasteiger partial charge in [0, 0.05) is 18.9 Å². The molecule has 2 aromatic rings. The van der Waals surface area contributed by atoms with Crippen LogP contribution in [-0.2, 0) is 0 Å². The van der Waals surface area contributed by atoms with E-state index in [1.54, 1.807) is 12.3 Å². The summed E-state index contributed by atoms with van der Waals surface area (Å²) in [5.41, 5.74) is 0.908. The van der Waals surface area contributed by atoms with Crippen LogP contribution >= 0.6 is 0 Å². The van der Waals surface area contributed by atoms with Gasteiger partial charge in [-0.05, 0) is 31.5 Å². The number of anilines is 2. The molecule has 0 bridgehead atoms. The zero-order valence-corrected chi connectivity index (χ0v) is 11.3. The lowest BCUT2D eigenvalue weighted by Crippen LogP contribution is -2.16. The summed E-state index contributed by atoms with van der Waals surface area (Å²) < 4.78 is 14.1. The molecule has 0 saturated heterocycles. The number of amides is 1. The molecule has 2 N–H and O–H groups in total. The van der Waals surface area contributed by atoms with Gasteiger partial charge in [-0.3, -0.25) is 4.79 Å². The van der Waals surface area contributed by atoms with Gasteiger partial charge in [0.1, 0.15) is 5.82 Å². The van der Waals surface area contributed by atoms with Gasteiger partial charge in [-0.2, -0.15) is 0 Å². The van der Waals surface area contributed by atoms with Gasteiger partial charge in [0.15, 0.2) is 11.6 Å². The number of nitrogens with zero attached hydrogens (tertiary/aromatic N) is 2. The number of aryl methyl sites for hydroxylation is 1. The summed E-state index contributed by atoms with van der Waals surface area (Å²) in [4.78, 5) is 19.9. The molecule has 0 aromatic carbocycles. The van der Waals surface area contributed by atoms with E-state index in [9.17, 15) is 9.18 Å². The van der Waals surface area contributed by atoms with Gasteiger partial charge in [-0.25, -0.2) is 14.4 Å². The fraction of sp³-hybridized carbons (Fsp3) is 0.214. The van der Waals surface area contributed by atoms with E-state index >= 15 is 0 Å². The summed E-state index contributed by atoms with van der Waals surface area (Å²) >= 11 is 0. The Labute approximate surface area is 116 Å². The Morgan fingerprint density at radius 1 is 1.30 bits per heavy atom. The molecule has 0 saturated carbocycles. The van der Waals surface area contributed by atoms with Crippen LogP contribution in [0.4, 0.5) is 16.0 Å². The lowest BCUT2D eigenvalue weighted by Gasteiger charge is -2.08. The number of hydrogen-bond acceptors (Lipinski definition) is 4. The first-order chi connectivity index (χ1) is 9.61. The average molecular weight is 274 g/mol. The topological polar surface area (TPSA) is 66.9 Å². The Bertz CT molecular complexity index is 613. The van der Waals surface area contributed by atoms with Crippen molar-refractivity contribution in [2.24, 2.45) is 0 Å². The third-order valence-corrected chi connectivity index (χ3v) is 2.63. The Morgan fingerprint density at radius 3 is 2.75 bits per heavy atom. The number of pyridine rings is 2.